The van der Waals surface area contributed by atoms with Gasteiger partial charge in [0.1, 0.15) is 11.5 Å². The van der Waals surface area contributed by atoms with Crippen molar-refractivity contribution >= 4 is 6.08 Å². The number of ether oxygens (including phenoxy) is 1. The van der Waals surface area contributed by atoms with E-state index in [1.54, 1.807) is 19.1 Å². The minimum Gasteiger partial charge on any atom is -0.507 e. The van der Waals surface area contributed by atoms with Crippen molar-refractivity contribution < 1.29 is 14.9 Å². The number of phenols is 1. The zero-order valence-corrected chi connectivity index (χ0v) is 9.96. The second kappa shape index (κ2) is 3.25. The monoisotopic (exact) mass is 220 g/mol. The summed E-state index contributed by atoms with van der Waals surface area (Å²) in [4.78, 5) is 0. The van der Waals surface area contributed by atoms with Crippen molar-refractivity contribution in [2.24, 2.45) is 0 Å². The smallest absolute Gasteiger partial charge is 0.225 e. The van der Waals surface area contributed by atoms with Crippen LogP contribution in [0, 0.1) is 20.8 Å². The van der Waals surface area contributed by atoms with Gasteiger partial charge in [-0.1, -0.05) is 0 Å². The van der Waals surface area contributed by atoms with E-state index in [1.165, 1.54) is 0 Å². The Kier molecular flexibility index (Phi) is 2.24. The number of phenolic OH excluding ortho intramolecular Hbond substituents is 1. The number of aliphatic hydroxyl groups is 1. The lowest BCUT2D eigenvalue weighted by Gasteiger charge is -2.29. The molecule has 0 saturated carbocycles. The lowest BCUT2D eigenvalue weighted by atomic mass is 9.95. The van der Waals surface area contributed by atoms with Gasteiger partial charge in [0, 0.05) is 18.1 Å². The van der Waals surface area contributed by atoms with Crippen molar-refractivity contribution in [1.82, 2.24) is 0 Å². The normalized spacial score (nSPS) is 22.8. The van der Waals surface area contributed by atoms with Crippen LogP contribution in [-0.4, -0.2) is 16.0 Å². The summed E-state index contributed by atoms with van der Waals surface area (Å²) in [5.74, 6) is -0.320. The minimum absolute atomic E-state index is 0.297. The van der Waals surface area contributed by atoms with E-state index in [2.05, 4.69) is 0 Å². The van der Waals surface area contributed by atoms with Crippen molar-refractivity contribution in [2.45, 2.75) is 33.5 Å². The summed E-state index contributed by atoms with van der Waals surface area (Å²) in [6.45, 7) is 7.15. The van der Waals surface area contributed by atoms with Gasteiger partial charge < -0.3 is 14.9 Å². The molecule has 2 N–H and O–H groups in total. The predicted molar refractivity (Wildman–Crippen MR) is 62.6 cm³/mol. The molecule has 3 nitrogen and oxygen atoms in total. The molecule has 1 aromatic rings. The Bertz CT molecular complexity index is 485. The number of rotatable bonds is 0. The van der Waals surface area contributed by atoms with Crippen molar-refractivity contribution in [3.05, 3.63) is 28.3 Å². The summed E-state index contributed by atoms with van der Waals surface area (Å²) in [5.41, 5.74) is 3.28. The Hall–Kier alpha value is -1.48. The highest BCUT2D eigenvalue weighted by Gasteiger charge is 2.28. The molecule has 2 rings (SSSR count). The molecule has 0 bridgehead atoms. The van der Waals surface area contributed by atoms with E-state index < -0.39 is 5.79 Å². The van der Waals surface area contributed by atoms with E-state index in [4.69, 9.17) is 4.74 Å². The van der Waals surface area contributed by atoms with E-state index in [-0.39, 0.29) is 0 Å². The Morgan fingerprint density at radius 2 is 1.75 bits per heavy atom. The maximum Gasteiger partial charge on any atom is 0.225 e. The lowest BCUT2D eigenvalue weighted by molar-refractivity contribution is -0.0793. The first-order valence-corrected chi connectivity index (χ1v) is 5.27. The third-order valence-electron chi connectivity index (χ3n) is 3.13. The standard InChI is InChI=1S/C13H16O3/c1-7-8(2)12-10(9(3)11(7)14)5-6-13(4,15)16-12/h5-6,14-15H,1-4H3. The molecule has 1 unspecified atom stereocenters. The molecular weight excluding hydrogens is 204 g/mol. The van der Waals surface area contributed by atoms with Crippen LogP contribution in [0.2, 0.25) is 0 Å². The molecule has 1 atom stereocenters. The fourth-order valence-electron chi connectivity index (χ4n) is 1.94. The third-order valence-corrected chi connectivity index (χ3v) is 3.13. The average Bonchev–Trinajstić information content (AvgIpc) is 2.22. The van der Waals surface area contributed by atoms with Crippen LogP contribution < -0.4 is 4.74 Å². The number of fused-ring (bicyclic) bond motifs is 1. The van der Waals surface area contributed by atoms with Crippen LogP contribution in [0.5, 0.6) is 11.5 Å². The molecule has 0 aromatic heterocycles. The van der Waals surface area contributed by atoms with Gasteiger partial charge in [-0.05, 0) is 44.1 Å². The molecule has 86 valence electrons. The Labute approximate surface area is 95.0 Å². The SMILES string of the molecule is Cc1c(C)c2c(c(C)c1O)C=CC(C)(O)O2. The van der Waals surface area contributed by atoms with Gasteiger partial charge in [-0.2, -0.15) is 0 Å². The van der Waals surface area contributed by atoms with Gasteiger partial charge in [0.2, 0.25) is 5.79 Å². The van der Waals surface area contributed by atoms with Gasteiger partial charge in [-0.25, -0.2) is 0 Å². The van der Waals surface area contributed by atoms with Gasteiger partial charge in [-0.3, -0.25) is 0 Å². The molecule has 1 heterocycles. The zero-order valence-electron chi connectivity index (χ0n) is 9.96. The second-order valence-corrected chi connectivity index (χ2v) is 4.46. The van der Waals surface area contributed by atoms with Crippen molar-refractivity contribution in [3.8, 4) is 11.5 Å². The van der Waals surface area contributed by atoms with Gasteiger partial charge in [0.25, 0.3) is 0 Å². The fourth-order valence-corrected chi connectivity index (χ4v) is 1.94. The van der Waals surface area contributed by atoms with Gasteiger partial charge in [0.05, 0.1) is 0 Å². The van der Waals surface area contributed by atoms with Crippen molar-refractivity contribution in [2.75, 3.05) is 0 Å². The highest BCUT2D eigenvalue weighted by Crippen LogP contribution is 2.41. The van der Waals surface area contributed by atoms with E-state index in [9.17, 15) is 10.2 Å². The number of hydrogen-bond acceptors (Lipinski definition) is 3. The zero-order chi connectivity index (χ0) is 12.1. The highest BCUT2D eigenvalue weighted by molar-refractivity contribution is 5.71. The first-order valence-electron chi connectivity index (χ1n) is 5.27. The summed E-state index contributed by atoms with van der Waals surface area (Å²) in [6, 6.07) is 0. The first kappa shape index (κ1) is 11.0. The quantitative estimate of drug-likeness (QED) is 0.706. The summed E-state index contributed by atoms with van der Waals surface area (Å²) >= 11 is 0. The Balaban J connectivity index is 2.73. The van der Waals surface area contributed by atoms with Crippen LogP contribution in [-0.2, 0) is 0 Å². The molecule has 0 spiro atoms. The maximum absolute atomic E-state index is 9.92. The highest BCUT2D eigenvalue weighted by atomic mass is 16.6. The van der Waals surface area contributed by atoms with Gasteiger partial charge in [-0.15, -0.1) is 0 Å². The first-order chi connectivity index (χ1) is 7.33. The summed E-state index contributed by atoms with van der Waals surface area (Å²) < 4.78 is 5.52. The molecule has 0 radical (unpaired) electrons. The van der Waals surface area contributed by atoms with E-state index >= 15 is 0 Å². The second-order valence-electron chi connectivity index (χ2n) is 4.46. The topological polar surface area (TPSA) is 49.7 Å². The predicted octanol–water partition coefficient (Wildman–Crippen LogP) is 2.43. The Morgan fingerprint density at radius 1 is 1.12 bits per heavy atom. The Morgan fingerprint density at radius 3 is 2.38 bits per heavy atom. The summed E-state index contributed by atoms with van der Waals surface area (Å²) in [5, 5.41) is 19.7. The van der Waals surface area contributed by atoms with Gasteiger partial charge in [0.15, 0.2) is 0 Å². The maximum atomic E-state index is 9.92. The molecule has 0 aliphatic carbocycles. The molecule has 1 aliphatic rings. The van der Waals surface area contributed by atoms with E-state index in [0.717, 1.165) is 22.3 Å². The van der Waals surface area contributed by atoms with E-state index in [0.29, 0.717) is 11.5 Å². The lowest BCUT2D eigenvalue weighted by Crippen LogP contribution is -2.31. The molecule has 16 heavy (non-hydrogen) atoms. The van der Waals surface area contributed by atoms with Crippen LogP contribution in [0.15, 0.2) is 6.08 Å². The molecular formula is C13H16O3. The number of benzene rings is 1. The number of hydrogen-bond donors (Lipinski definition) is 2. The van der Waals surface area contributed by atoms with Gasteiger partial charge >= 0.3 is 0 Å². The van der Waals surface area contributed by atoms with Crippen LogP contribution in [0.3, 0.4) is 0 Å². The van der Waals surface area contributed by atoms with Crippen LogP contribution in [0.25, 0.3) is 6.08 Å². The van der Waals surface area contributed by atoms with Crippen molar-refractivity contribution in [3.63, 3.8) is 0 Å². The minimum atomic E-state index is -1.27. The largest absolute Gasteiger partial charge is 0.507 e. The molecule has 0 amide bonds. The molecule has 1 aromatic carbocycles. The molecule has 3 heteroatoms. The molecule has 1 aliphatic heterocycles. The summed E-state index contributed by atoms with van der Waals surface area (Å²) in [7, 11) is 0. The van der Waals surface area contributed by atoms with E-state index in [1.807, 2.05) is 20.8 Å². The van der Waals surface area contributed by atoms with Crippen LogP contribution in [0.4, 0.5) is 0 Å². The molecule has 0 fully saturated rings. The fraction of sp³-hybridized carbons (Fsp3) is 0.385. The van der Waals surface area contributed by atoms with Crippen molar-refractivity contribution in [1.29, 1.82) is 0 Å². The van der Waals surface area contributed by atoms with Crippen LogP contribution in [0.1, 0.15) is 29.2 Å². The average molecular weight is 220 g/mol. The van der Waals surface area contributed by atoms with Crippen LogP contribution >= 0.6 is 0 Å². The number of aromatic hydroxyl groups is 1. The molecule has 0 saturated heterocycles. The third kappa shape index (κ3) is 1.48. The summed E-state index contributed by atoms with van der Waals surface area (Å²) in [6.07, 6.45) is 3.37.